The molecule has 0 saturated heterocycles. The Morgan fingerprint density at radius 3 is 2.39 bits per heavy atom. The number of nitrogens with one attached hydrogen (secondary N) is 2. The van der Waals surface area contributed by atoms with Gasteiger partial charge in [-0.15, -0.1) is 0 Å². The van der Waals surface area contributed by atoms with Gasteiger partial charge in [-0.2, -0.15) is 0 Å². The topological polar surface area (TPSA) is 67.4 Å². The first-order valence-corrected chi connectivity index (χ1v) is 7.41. The van der Waals surface area contributed by atoms with Gasteiger partial charge >= 0.3 is 5.97 Å². The van der Waals surface area contributed by atoms with Gasteiger partial charge in [0, 0.05) is 19.3 Å². The van der Waals surface area contributed by atoms with Gasteiger partial charge in [0.15, 0.2) is 6.10 Å². The first kappa shape index (κ1) is 16.5. The number of esters is 1. The SMILES string of the molecule is CNc1ccccc1C(=O)OC(C)C(=O)NCc1ccccc1. The molecule has 0 heterocycles. The molecule has 2 N–H and O–H groups in total. The maximum atomic E-state index is 12.2. The number of rotatable bonds is 6. The molecule has 0 radical (unpaired) electrons. The van der Waals surface area contributed by atoms with E-state index >= 15 is 0 Å². The van der Waals surface area contributed by atoms with Crippen LogP contribution in [0, 0.1) is 0 Å². The highest BCUT2D eigenvalue weighted by atomic mass is 16.5. The van der Waals surface area contributed by atoms with Crippen molar-refractivity contribution in [2.45, 2.75) is 19.6 Å². The molecule has 0 saturated carbocycles. The lowest BCUT2D eigenvalue weighted by molar-refractivity contribution is -0.129. The van der Waals surface area contributed by atoms with Crippen molar-refractivity contribution >= 4 is 17.6 Å². The van der Waals surface area contributed by atoms with Crippen molar-refractivity contribution in [1.82, 2.24) is 5.32 Å². The van der Waals surface area contributed by atoms with Crippen LogP contribution in [0.15, 0.2) is 54.6 Å². The van der Waals surface area contributed by atoms with Crippen LogP contribution in [0.2, 0.25) is 0 Å². The monoisotopic (exact) mass is 312 g/mol. The van der Waals surface area contributed by atoms with E-state index in [-0.39, 0.29) is 5.91 Å². The molecule has 0 aliphatic rings. The number of hydrogen-bond donors (Lipinski definition) is 2. The van der Waals surface area contributed by atoms with Gasteiger partial charge in [-0.05, 0) is 24.6 Å². The molecular formula is C18H20N2O3. The van der Waals surface area contributed by atoms with Gasteiger partial charge in [0.2, 0.25) is 0 Å². The zero-order chi connectivity index (χ0) is 16.7. The van der Waals surface area contributed by atoms with Crippen molar-refractivity contribution in [3.05, 3.63) is 65.7 Å². The fourth-order valence-electron chi connectivity index (χ4n) is 2.09. The molecule has 0 aromatic heterocycles. The van der Waals surface area contributed by atoms with Gasteiger partial charge in [0.05, 0.1) is 5.56 Å². The third-order valence-electron chi connectivity index (χ3n) is 3.38. The Bertz CT molecular complexity index is 671. The van der Waals surface area contributed by atoms with Gasteiger partial charge in [-0.25, -0.2) is 4.79 Å². The number of para-hydroxylation sites is 1. The summed E-state index contributed by atoms with van der Waals surface area (Å²) in [7, 11) is 1.72. The Labute approximate surface area is 135 Å². The van der Waals surface area contributed by atoms with Crippen molar-refractivity contribution in [2.75, 3.05) is 12.4 Å². The molecule has 0 aliphatic carbocycles. The Morgan fingerprint density at radius 2 is 1.70 bits per heavy atom. The normalized spacial score (nSPS) is 11.4. The number of amides is 1. The second kappa shape index (κ2) is 7.98. The zero-order valence-corrected chi connectivity index (χ0v) is 13.2. The maximum absolute atomic E-state index is 12.2. The molecule has 2 aromatic rings. The first-order chi connectivity index (χ1) is 11.1. The van der Waals surface area contributed by atoms with Crippen molar-refractivity contribution in [3.63, 3.8) is 0 Å². The predicted octanol–water partition coefficient (Wildman–Crippen LogP) is 2.59. The average molecular weight is 312 g/mol. The molecule has 0 bridgehead atoms. The molecule has 1 amide bonds. The lowest BCUT2D eigenvalue weighted by Crippen LogP contribution is -2.35. The molecule has 23 heavy (non-hydrogen) atoms. The van der Waals surface area contributed by atoms with E-state index in [9.17, 15) is 9.59 Å². The number of carbonyl (C=O) groups excluding carboxylic acids is 2. The summed E-state index contributed by atoms with van der Waals surface area (Å²) < 4.78 is 5.24. The van der Waals surface area contributed by atoms with Gasteiger partial charge in [-0.3, -0.25) is 4.79 Å². The molecule has 5 nitrogen and oxygen atoms in total. The summed E-state index contributed by atoms with van der Waals surface area (Å²) in [4.78, 5) is 24.2. The molecule has 5 heteroatoms. The average Bonchev–Trinajstić information content (AvgIpc) is 2.60. The standard InChI is InChI=1S/C18H20N2O3/c1-13(17(21)20-12-14-8-4-3-5-9-14)23-18(22)15-10-6-7-11-16(15)19-2/h3-11,13,19H,12H2,1-2H3,(H,20,21). The van der Waals surface area contributed by atoms with Crippen molar-refractivity contribution in [1.29, 1.82) is 0 Å². The highest BCUT2D eigenvalue weighted by Gasteiger charge is 2.20. The number of benzene rings is 2. The molecule has 1 unspecified atom stereocenters. The van der Waals surface area contributed by atoms with Crippen LogP contribution in [-0.2, 0) is 16.1 Å². The Kier molecular flexibility index (Phi) is 5.74. The minimum absolute atomic E-state index is 0.329. The third-order valence-corrected chi connectivity index (χ3v) is 3.38. The first-order valence-electron chi connectivity index (χ1n) is 7.41. The van der Waals surface area contributed by atoms with Crippen LogP contribution in [0.3, 0.4) is 0 Å². The van der Waals surface area contributed by atoms with E-state index in [1.165, 1.54) is 0 Å². The molecule has 0 spiro atoms. The number of ether oxygens (including phenoxy) is 1. The summed E-state index contributed by atoms with van der Waals surface area (Å²) in [5.74, 6) is -0.860. The van der Waals surface area contributed by atoms with Crippen LogP contribution in [0.5, 0.6) is 0 Å². The van der Waals surface area contributed by atoms with Gasteiger partial charge < -0.3 is 15.4 Å². The van der Waals surface area contributed by atoms with Crippen molar-refractivity contribution in [2.24, 2.45) is 0 Å². The van der Waals surface area contributed by atoms with E-state index in [1.807, 2.05) is 36.4 Å². The van der Waals surface area contributed by atoms with Crippen molar-refractivity contribution in [3.8, 4) is 0 Å². The highest BCUT2D eigenvalue weighted by molar-refractivity contribution is 5.97. The highest BCUT2D eigenvalue weighted by Crippen LogP contribution is 2.16. The van der Waals surface area contributed by atoms with Crippen LogP contribution in [0.25, 0.3) is 0 Å². The van der Waals surface area contributed by atoms with E-state index in [2.05, 4.69) is 10.6 Å². The molecule has 2 rings (SSSR count). The molecule has 0 aliphatic heterocycles. The van der Waals surface area contributed by atoms with Crippen LogP contribution in [0.4, 0.5) is 5.69 Å². The number of anilines is 1. The van der Waals surface area contributed by atoms with E-state index < -0.39 is 12.1 Å². The zero-order valence-electron chi connectivity index (χ0n) is 13.2. The number of hydrogen-bond acceptors (Lipinski definition) is 4. The lowest BCUT2D eigenvalue weighted by Gasteiger charge is -2.15. The molecule has 0 fully saturated rings. The molecule has 120 valence electrons. The van der Waals surface area contributed by atoms with E-state index in [1.54, 1.807) is 32.2 Å². The van der Waals surface area contributed by atoms with Crippen LogP contribution < -0.4 is 10.6 Å². The summed E-state index contributed by atoms with van der Waals surface area (Å²) >= 11 is 0. The predicted molar refractivity (Wildman–Crippen MR) is 89.2 cm³/mol. The second-order valence-corrected chi connectivity index (χ2v) is 5.05. The van der Waals surface area contributed by atoms with Crippen LogP contribution in [0.1, 0.15) is 22.8 Å². The Hall–Kier alpha value is -2.82. The van der Waals surface area contributed by atoms with Gasteiger partial charge in [-0.1, -0.05) is 42.5 Å². The summed E-state index contributed by atoms with van der Waals surface area (Å²) in [5.41, 5.74) is 2.05. The van der Waals surface area contributed by atoms with E-state index in [0.717, 1.165) is 5.56 Å². The molecule has 2 aromatic carbocycles. The fourth-order valence-corrected chi connectivity index (χ4v) is 2.09. The summed E-state index contributed by atoms with van der Waals surface area (Å²) in [6.45, 7) is 1.95. The summed E-state index contributed by atoms with van der Waals surface area (Å²) in [6, 6.07) is 16.5. The fraction of sp³-hybridized carbons (Fsp3) is 0.222. The Morgan fingerprint density at radius 1 is 1.04 bits per heavy atom. The van der Waals surface area contributed by atoms with E-state index in [0.29, 0.717) is 17.8 Å². The quantitative estimate of drug-likeness (QED) is 0.805. The van der Waals surface area contributed by atoms with E-state index in [4.69, 9.17) is 4.74 Å². The molecule has 1 atom stereocenters. The summed E-state index contributed by atoms with van der Waals surface area (Å²) in [6.07, 6.45) is -0.865. The summed E-state index contributed by atoms with van der Waals surface area (Å²) in [5, 5.41) is 5.68. The van der Waals surface area contributed by atoms with Gasteiger partial charge in [0.25, 0.3) is 5.91 Å². The smallest absolute Gasteiger partial charge is 0.341 e. The minimum atomic E-state index is -0.865. The molecular weight excluding hydrogens is 292 g/mol. The third kappa shape index (κ3) is 4.57. The largest absolute Gasteiger partial charge is 0.449 e. The van der Waals surface area contributed by atoms with Gasteiger partial charge in [0.1, 0.15) is 0 Å². The Balaban J connectivity index is 1.91. The minimum Gasteiger partial charge on any atom is -0.449 e. The van der Waals surface area contributed by atoms with Crippen LogP contribution in [-0.4, -0.2) is 25.0 Å². The van der Waals surface area contributed by atoms with Crippen molar-refractivity contribution < 1.29 is 14.3 Å². The second-order valence-electron chi connectivity index (χ2n) is 5.05. The maximum Gasteiger partial charge on any atom is 0.341 e. The number of carbonyl (C=O) groups is 2. The van der Waals surface area contributed by atoms with Crippen LogP contribution >= 0.6 is 0 Å². The lowest BCUT2D eigenvalue weighted by atomic mass is 10.2.